The van der Waals surface area contributed by atoms with E-state index in [0.29, 0.717) is 6.42 Å². The first-order chi connectivity index (χ1) is 19.3. The summed E-state index contributed by atoms with van der Waals surface area (Å²) in [6, 6.07) is 0. The lowest BCUT2D eigenvalue weighted by Crippen LogP contribution is -2.29. The van der Waals surface area contributed by atoms with Crippen LogP contribution in [-0.4, -0.2) is 49.3 Å². The Labute approximate surface area is 242 Å². The number of rotatable bonds is 28. The number of phosphoric acid groups is 1. The molecule has 0 aliphatic rings. The monoisotopic (exact) mass is 589 g/mol. The molecule has 0 aliphatic heterocycles. The van der Waals surface area contributed by atoms with E-state index < -0.39 is 32.5 Å². The molecule has 0 spiro atoms. The largest absolute Gasteiger partial charge is 0.472 e. The van der Waals surface area contributed by atoms with Gasteiger partial charge in [0.25, 0.3) is 0 Å². The molecule has 0 amide bonds. The van der Waals surface area contributed by atoms with Crippen molar-refractivity contribution < 1.29 is 37.6 Å². The van der Waals surface area contributed by atoms with Crippen LogP contribution in [-0.2, 0) is 32.7 Å². The molecule has 0 saturated carbocycles. The molecule has 0 aliphatic carbocycles. The number of ether oxygens (including phenoxy) is 2. The Kier molecular flexibility index (Phi) is 26.6. The molecule has 0 saturated heterocycles. The Balaban J connectivity index is 3.88. The zero-order valence-electron chi connectivity index (χ0n) is 25.1. The summed E-state index contributed by atoms with van der Waals surface area (Å²) >= 11 is 0. The van der Waals surface area contributed by atoms with E-state index in [0.717, 1.165) is 32.1 Å². The number of hydrogen-bond donors (Lipinski definition) is 2. The van der Waals surface area contributed by atoms with E-state index in [2.05, 4.69) is 35.8 Å². The molecular formula is C30H56NO8P. The van der Waals surface area contributed by atoms with Crippen LogP contribution in [0, 0.1) is 0 Å². The first-order valence-electron chi connectivity index (χ1n) is 15.3. The SMILES string of the molecule is CCCCC/C=C\C/C=C\CCCCCCCCCCCC(=O)OC(COC(=O)CC)COP(=O)(O)OCCN. The molecule has 10 heteroatoms. The van der Waals surface area contributed by atoms with Crippen LogP contribution in [0.4, 0.5) is 0 Å². The van der Waals surface area contributed by atoms with E-state index in [1.165, 1.54) is 57.8 Å². The van der Waals surface area contributed by atoms with Gasteiger partial charge in [-0.15, -0.1) is 0 Å². The predicted molar refractivity (Wildman–Crippen MR) is 160 cm³/mol. The first kappa shape index (κ1) is 38.5. The third-order valence-corrected chi connectivity index (χ3v) is 7.13. The Morgan fingerprint density at radius 2 is 1.35 bits per heavy atom. The van der Waals surface area contributed by atoms with Crippen molar-refractivity contribution in [1.82, 2.24) is 0 Å². The lowest BCUT2D eigenvalue weighted by Gasteiger charge is -2.19. The second kappa shape index (κ2) is 27.6. The lowest BCUT2D eigenvalue weighted by molar-refractivity contribution is -0.161. The third kappa shape index (κ3) is 26.7. The summed E-state index contributed by atoms with van der Waals surface area (Å²) in [5.74, 6) is -0.935. The van der Waals surface area contributed by atoms with E-state index in [9.17, 15) is 19.0 Å². The molecule has 2 unspecified atom stereocenters. The minimum absolute atomic E-state index is 0.0516. The molecule has 9 nitrogen and oxygen atoms in total. The quantitative estimate of drug-likeness (QED) is 0.0416. The van der Waals surface area contributed by atoms with Gasteiger partial charge >= 0.3 is 19.8 Å². The molecule has 234 valence electrons. The smallest absolute Gasteiger partial charge is 0.462 e. The number of hydrogen-bond acceptors (Lipinski definition) is 8. The highest BCUT2D eigenvalue weighted by atomic mass is 31.2. The molecule has 0 aromatic carbocycles. The van der Waals surface area contributed by atoms with E-state index >= 15 is 0 Å². The van der Waals surface area contributed by atoms with Crippen molar-refractivity contribution in [3.63, 3.8) is 0 Å². The number of phosphoric ester groups is 1. The average molecular weight is 590 g/mol. The highest BCUT2D eigenvalue weighted by Crippen LogP contribution is 2.43. The van der Waals surface area contributed by atoms with Crippen LogP contribution in [0.25, 0.3) is 0 Å². The van der Waals surface area contributed by atoms with Gasteiger partial charge in [0.2, 0.25) is 0 Å². The number of allylic oxidation sites excluding steroid dienone is 4. The van der Waals surface area contributed by atoms with Crippen LogP contribution in [0.5, 0.6) is 0 Å². The fourth-order valence-corrected chi connectivity index (χ4v) is 4.58. The van der Waals surface area contributed by atoms with Crippen molar-refractivity contribution in [2.45, 2.75) is 129 Å². The minimum Gasteiger partial charge on any atom is -0.462 e. The zero-order chi connectivity index (χ0) is 29.7. The van der Waals surface area contributed by atoms with Gasteiger partial charge in [-0.3, -0.25) is 18.6 Å². The van der Waals surface area contributed by atoms with Gasteiger partial charge in [-0.2, -0.15) is 0 Å². The maximum atomic E-state index is 12.2. The van der Waals surface area contributed by atoms with Crippen LogP contribution in [0.15, 0.2) is 24.3 Å². The number of nitrogens with two attached hydrogens (primary N) is 1. The summed E-state index contributed by atoms with van der Waals surface area (Å²) < 4.78 is 31.7. The van der Waals surface area contributed by atoms with Gasteiger partial charge in [0.1, 0.15) is 6.61 Å². The van der Waals surface area contributed by atoms with E-state index in [1.807, 2.05) is 0 Å². The Morgan fingerprint density at radius 1 is 0.775 bits per heavy atom. The summed E-state index contributed by atoms with van der Waals surface area (Å²) in [4.78, 5) is 33.3. The summed E-state index contributed by atoms with van der Waals surface area (Å²) in [5, 5.41) is 0. The van der Waals surface area contributed by atoms with Crippen molar-refractivity contribution in [3.05, 3.63) is 24.3 Å². The molecule has 0 radical (unpaired) electrons. The highest BCUT2D eigenvalue weighted by molar-refractivity contribution is 7.47. The van der Waals surface area contributed by atoms with Gasteiger partial charge in [0.15, 0.2) is 6.10 Å². The fraction of sp³-hybridized carbons (Fsp3) is 0.800. The number of esters is 2. The molecule has 0 rings (SSSR count). The van der Waals surface area contributed by atoms with Gasteiger partial charge < -0.3 is 20.1 Å². The van der Waals surface area contributed by atoms with Crippen molar-refractivity contribution in [1.29, 1.82) is 0 Å². The molecule has 40 heavy (non-hydrogen) atoms. The minimum atomic E-state index is -4.34. The molecule has 3 N–H and O–H groups in total. The number of unbranched alkanes of at least 4 members (excludes halogenated alkanes) is 12. The van der Waals surface area contributed by atoms with Crippen molar-refractivity contribution in [3.8, 4) is 0 Å². The number of carbonyl (C=O) groups is 2. The first-order valence-corrected chi connectivity index (χ1v) is 16.8. The molecule has 0 heterocycles. The van der Waals surface area contributed by atoms with Crippen LogP contribution < -0.4 is 5.73 Å². The van der Waals surface area contributed by atoms with E-state index in [4.69, 9.17) is 19.7 Å². The van der Waals surface area contributed by atoms with Gasteiger partial charge in [0.05, 0.1) is 13.2 Å². The second-order valence-corrected chi connectivity index (χ2v) is 11.4. The van der Waals surface area contributed by atoms with Gasteiger partial charge in [-0.1, -0.05) is 95.9 Å². The van der Waals surface area contributed by atoms with Gasteiger partial charge in [-0.05, 0) is 38.5 Å². The fourth-order valence-electron chi connectivity index (χ4n) is 3.82. The Bertz CT molecular complexity index is 728. The second-order valence-electron chi connectivity index (χ2n) is 9.93. The molecular weight excluding hydrogens is 533 g/mol. The van der Waals surface area contributed by atoms with Crippen LogP contribution in [0.2, 0.25) is 0 Å². The van der Waals surface area contributed by atoms with Crippen molar-refractivity contribution in [2.24, 2.45) is 5.73 Å². The summed E-state index contributed by atoms with van der Waals surface area (Å²) in [7, 11) is -4.34. The Morgan fingerprint density at radius 3 is 1.93 bits per heavy atom. The van der Waals surface area contributed by atoms with Crippen LogP contribution in [0.1, 0.15) is 123 Å². The topological polar surface area (TPSA) is 134 Å². The molecule has 0 aromatic rings. The van der Waals surface area contributed by atoms with Crippen molar-refractivity contribution in [2.75, 3.05) is 26.4 Å². The molecule has 2 atom stereocenters. The van der Waals surface area contributed by atoms with Crippen molar-refractivity contribution >= 4 is 19.8 Å². The molecule has 0 aromatic heterocycles. The van der Waals surface area contributed by atoms with Crippen LogP contribution in [0.3, 0.4) is 0 Å². The standard InChI is InChI=1S/C30H56NO8P/c1-3-5-6-7-8-9-10-11-12-13-14-15-16-17-18-19-20-21-22-23-30(33)39-28(26-36-29(32)4-2)27-38-40(34,35)37-25-24-31/h8-9,11-12,28H,3-7,10,13-27,31H2,1-2H3,(H,34,35)/b9-8-,12-11-. The molecule has 0 bridgehead atoms. The van der Waals surface area contributed by atoms with E-state index in [1.54, 1.807) is 6.92 Å². The molecule has 0 fully saturated rings. The normalized spacial score (nSPS) is 14.0. The summed E-state index contributed by atoms with van der Waals surface area (Å²) in [5.41, 5.74) is 5.25. The summed E-state index contributed by atoms with van der Waals surface area (Å²) in [6.45, 7) is 3.07. The average Bonchev–Trinajstić information content (AvgIpc) is 2.94. The highest BCUT2D eigenvalue weighted by Gasteiger charge is 2.25. The third-order valence-electron chi connectivity index (χ3n) is 6.14. The van der Waals surface area contributed by atoms with Gasteiger partial charge in [-0.25, -0.2) is 4.57 Å². The maximum absolute atomic E-state index is 12.2. The lowest BCUT2D eigenvalue weighted by atomic mass is 10.1. The van der Waals surface area contributed by atoms with E-state index in [-0.39, 0.29) is 32.6 Å². The maximum Gasteiger partial charge on any atom is 0.472 e. The number of carbonyl (C=O) groups excluding carboxylic acids is 2. The van der Waals surface area contributed by atoms with Crippen LogP contribution >= 0.6 is 7.82 Å². The summed E-state index contributed by atoms with van der Waals surface area (Å²) in [6.07, 6.45) is 25.9. The predicted octanol–water partition coefficient (Wildman–Crippen LogP) is 7.32. The Hall–Kier alpha value is -1.51. The zero-order valence-corrected chi connectivity index (χ0v) is 26.0. The van der Waals surface area contributed by atoms with Gasteiger partial charge in [0, 0.05) is 19.4 Å².